The molecule has 0 aliphatic rings. The molecule has 0 atom stereocenters. The summed E-state index contributed by atoms with van der Waals surface area (Å²) in [5.41, 5.74) is 31.7. The van der Waals surface area contributed by atoms with Crippen molar-refractivity contribution in [1.82, 2.24) is 38.7 Å². The third kappa shape index (κ3) is 46.5. The maximum Gasteiger partial charge on any atom is 1.00 e. The Kier molecular flexibility index (Phi) is 68.8. The Labute approximate surface area is 843 Å². The van der Waals surface area contributed by atoms with Crippen LogP contribution in [-0.4, -0.2) is 220 Å². The minimum Gasteiger partial charge on any atom is -0.870 e. The number of aliphatic hydroxyl groups is 3. The number of carboxylic acids is 1. The van der Waals surface area contributed by atoms with Gasteiger partial charge in [0.1, 0.15) is 16.4 Å². The molecule has 15 N–H and O–H groups in total. The van der Waals surface area contributed by atoms with Gasteiger partial charge in [-0.2, -0.15) is 18.6 Å². The van der Waals surface area contributed by atoms with Crippen LogP contribution in [-0.2, 0) is 77.8 Å². The number of methoxy groups -OCH3 is 6. The zero-order chi connectivity index (χ0) is 107. The first-order valence-corrected chi connectivity index (χ1v) is 43.8. The normalized spacial score (nSPS) is 9.67. The number of nitrogens with two attached hydrogens (primary N) is 3. The van der Waals surface area contributed by atoms with Gasteiger partial charge in [0.05, 0.1) is 119 Å². The third-order valence-electron chi connectivity index (χ3n) is 17.9. The van der Waals surface area contributed by atoms with Crippen molar-refractivity contribution in [2.75, 3.05) is 86.8 Å². The molecule has 4 aromatic heterocycles. The minimum atomic E-state index is -4.67. The van der Waals surface area contributed by atoms with Crippen LogP contribution >= 0.6 is 23.2 Å². The Bertz CT molecular complexity index is 5810. The van der Waals surface area contributed by atoms with Crippen LogP contribution in [0.15, 0.2) is 116 Å². The second kappa shape index (κ2) is 71.3. The maximum atomic E-state index is 12.8. The number of aromatic carboxylic acids is 1. The molecule has 0 radical (unpaired) electrons. The van der Waals surface area contributed by atoms with Gasteiger partial charge in [-0.15, -0.1) is 23.3 Å². The number of carbonyl (C=O) groups excluding carboxylic acids is 7. The predicted octanol–water partition coefficient (Wildman–Crippen LogP) is 11.8. The summed E-state index contributed by atoms with van der Waals surface area (Å²) in [5.74, 6) is -2.90. The number of anilines is 3. The van der Waals surface area contributed by atoms with Crippen molar-refractivity contribution in [2.24, 2.45) is 5.73 Å². The summed E-state index contributed by atoms with van der Waals surface area (Å²) < 4.78 is 66.5. The van der Waals surface area contributed by atoms with Crippen molar-refractivity contribution in [3.63, 3.8) is 0 Å². The molecule has 0 saturated carbocycles. The van der Waals surface area contributed by atoms with Gasteiger partial charge in [0.25, 0.3) is 22.4 Å². The number of carbonyl (C=O) groups is 8. The summed E-state index contributed by atoms with van der Waals surface area (Å²) in [5, 5.41) is 77.4. The van der Waals surface area contributed by atoms with Crippen molar-refractivity contribution in [3.8, 4) is 0 Å². The fraction of sp³-hybridized carbons (Fsp3) is 0.385. The molecule has 0 bridgehead atoms. The van der Waals surface area contributed by atoms with Crippen LogP contribution in [0.3, 0.4) is 0 Å². The number of ether oxygens (including phenoxy) is 6. The van der Waals surface area contributed by atoms with E-state index in [0.29, 0.717) is 112 Å². The van der Waals surface area contributed by atoms with Crippen LogP contribution in [0.1, 0.15) is 213 Å². The minimum absolute atomic E-state index is 0. The Morgan fingerprint density at radius 1 is 0.514 bits per heavy atom. The predicted molar refractivity (Wildman–Crippen MR) is 525 cm³/mol. The Morgan fingerprint density at radius 2 is 0.864 bits per heavy atom. The van der Waals surface area contributed by atoms with E-state index in [1.54, 1.807) is 111 Å². The summed E-state index contributed by atoms with van der Waals surface area (Å²) >= 11 is 11.5. The smallest absolute Gasteiger partial charge is 0.870 e. The third-order valence-corrected chi connectivity index (χ3v) is 18.8. The first-order valence-electron chi connectivity index (χ1n) is 41.6. The molecule has 6 aromatic carbocycles. The standard InChI is InChI=1S/C20H25N5O3.C13H17N3O2.C13H15NO4.C13H19NO2.C9H8ClNO4.C9H9ClO2.C7H10N2O2.C3H7N.C2H6O.2CH4O.HNO3.Na.H2O4S.H2O/c1-6-8-24-17-12(3)9-14(19(27)28-5)11-15(17)21-20(24)22-18(26)16-10-13(4)23-25(16)7-2;1-4-5-16-11-8(2)6-9(12(17)18-3)7-10(11)15-13(16)14;1-4-5-6-11-9(2)7-10(13(15)18-3)8-12(11)14(16)17;1-4-5-6-11-9(2)7-10(8-12(11)14)13(15)16-3;1-5-3-6(9(12)15-2)4-7(8(5)10)11(13)14;1-6-5-7(9(11)12-2)3-4-8(6)10;1-3-9-6(7(10)11)4-5(2)8-9;1-2-3-4;1-2-3;2*1-2;2-1(3)4;;1-5(2,3)4;/h9-11H,6-8H2,1-5H3,(H,21,22,26);6-7H,4-5H2,1-3H3,(H2,14,15);4,7-8H,1,5-6H2,2-3H3;7-8H,4-6,14H2,1-3H3;3-4H,1-2H3;3-5H,1-2H3;4H,3H2,1-2H3,(H,10,11);2H,1,3-4H2;3H,2H2,1H3;2*2H,1H3;(H,2,3,4);;(H2,1,2,3,4);1H2/q;;;;;;;;;;;;+1;;/p-1. The van der Waals surface area contributed by atoms with Gasteiger partial charge in [-0.3, -0.25) is 48.8 Å². The zero-order valence-corrected chi connectivity index (χ0v) is 87.1. The van der Waals surface area contributed by atoms with E-state index in [0.717, 1.165) is 115 Å². The van der Waals surface area contributed by atoms with Gasteiger partial charge in [0.2, 0.25) is 11.9 Å². The molecule has 10 rings (SSSR count). The van der Waals surface area contributed by atoms with Crippen LogP contribution in [0, 0.1) is 85.7 Å². The second-order valence-electron chi connectivity index (χ2n) is 27.9. The molecule has 0 aliphatic carbocycles. The van der Waals surface area contributed by atoms with Gasteiger partial charge in [-0.05, 0) is 232 Å². The van der Waals surface area contributed by atoms with Crippen LogP contribution in [0.25, 0.3) is 22.1 Å². The number of allylic oxidation sites excluding steroid dienone is 1. The topological polar surface area (TPSA) is 688 Å². The molecule has 140 heavy (non-hydrogen) atoms. The van der Waals surface area contributed by atoms with Crippen LogP contribution in [0.2, 0.25) is 10.0 Å². The Balaban J connectivity index is -0.000000496. The zero-order valence-electron chi connectivity index (χ0n) is 82.8. The number of nitrogens with one attached hydrogen (secondary N) is 1. The second-order valence-corrected chi connectivity index (χ2v) is 29.6. The molecular weight excluding hydrogens is 1910 g/mol. The quantitative estimate of drug-likeness (QED) is 0.00391. The largest absolute Gasteiger partial charge is 1.00 e. The number of carboxylic acid groups (broad SMARTS) is 1. The number of nitro groups is 2. The van der Waals surface area contributed by atoms with E-state index in [9.17, 15) is 58.6 Å². The number of amides is 1. The molecule has 49 heteroatoms. The number of hydrogen-bond acceptors (Lipinski definition) is 33. The van der Waals surface area contributed by atoms with E-state index in [1.807, 2.05) is 63.7 Å². The van der Waals surface area contributed by atoms with E-state index in [2.05, 4.69) is 78.4 Å². The van der Waals surface area contributed by atoms with E-state index in [-0.39, 0.29) is 98.7 Å². The molecule has 768 valence electrons. The molecule has 45 nitrogen and oxygen atoms in total. The van der Waals surface area contributed by atoms with E-state index < -0.39 is 49.2 Å². The Morgan fingerprint density at radius 3 is 1.23 bits per heavy atom. The average molecular weight is 2040 g/mol. The van der Waals surface area contributed by atoms with Gasteiger partial charge in [0, 0.05) is 82.0 Å². The van der Waals surface area contributed by atoms with Crippen LogP contribution in [0.5, 0.6) is 0 Å². The van der Waals surface area contributed by atoms with E-state index >= 15 is 0 Å². The molecule has 0 saturated heterocycles. The van der Waals surface area contributed by atoms with Gasteiger partial charge >= 0.3 is 81.7 Å². The van der Waals surface area contributed by atoms with Crippen molar-refractivity contribution in [2.45, 2.75) is 168 Å². The number of fused-ring (bicyclic) bond motifs is 2. The molecule has 0 fully saturated rings. The number of hydrogen-bond donors (Lipinski definition) is 11. The number of halogens is 2. The van der Waals surface area contributed by atoms with Crippen molar-refractivity contribution in [3.05, 3.63) is 257 Å². The number of imidazole rings is 2. The van der Waals surface area contributed by atoms with Gasteiger partial charge in [-0.25, -0.2) is 43.5 Å². The molecule has 10 aromatic rings. The fourth-order valence-electron chi connectivity index (χ4n) is 12.1. The number of rotatable bonds is 24. The number of unbranched alkanes of at least 4 members (excludes halogenated alkanes) is 1. The number of benzene rings is 6. The molecule has 0 aliphatic heterocycles. The summed E-state index contributed by atoms with van der Waals surface area (Å²) in [6.45, 7) is 36.9. The number of nitro benzene ring substituents is 2. The maximum absolute atomic E-state index is 12.8. The van der Waals surface area contributed by atoms with Crippen molar-refractivity contribution < 1.29 is 160 Å². The van der Waals surface area contributed by atoms with Gasteiger partial charge < -0.3 is 85.9 Å². The number of aromatic nitrogens is 8. The average Bonchev–Trinajstić information content (AvgIpc) is 1.61. The summed E-state index contributed by atoms with van der Waals surface area (Å²) in [6, 6.07) is 24.3. The number of esters is 6. The molecule has 4 heterocycles. The molecular formula is C91H128Cl2N15NaO30S. The molecule has 0 spiro atoms. The fourth-order valence-corrected chi connectivity index (χ4v) is 12.4. The Hall–Kier alpha value is -13.2. The molecule has 1 amide bonds. The summed E-state index contributed by atoms with van der Waals surface area (Å²) in [6.07, 6.45) is 9.62. The first-order chi connectivity index (χ1) is 64.9. The molecule has 0 unspecified atom stereocenters. The van der Waals surface area contributed by atoms with Crippen molar-refractivity contribution in [1.29, 1.82) is 0 Å². The van der Waals surface area contributed by atoms with Gasteiger partial charge in [0.15, 0.2) is 0 Å². The SMILES string of the molecule is C=CCCc1c(C)cc(C(=O)OC)cc1[N+](=O)[O-].C=CCN.CCCCc1c(C)cc(C(=O)OC)cc1N.CCCn1c(N)nc2cc(C(=O)OC)cc(C)c21.CCCn1c(NC(=O)c2cc(C)nn2CC)nc2cc(C(=O)OC)cc(C)c21.CCO.CCn1nc(C)cc1C(=O)O.CO.CO.COC(=O)c1cc(C)c(Cl)c([N+](=O)[O-])c1.COC(=O)c1ccc(Cl)c(C)c1.O=S(=O)(O)O.O=[N+]([O-])O.[Na+].[OH-]. The van der Waals surface area contributed by atoms with Crippen LogP contribution < -0.4 is 52.1 Å². The number of aryl methyl sites for hydroxylation is 12. The number of nitrogens with zero attached hydrogens (tertiary/aromatic N) is 11. The monoisotopic (exact) mass is 2040 g/mol. The van der Waals surface area contributed by atoms with Gasteiger partial charge in [-0.1, -0.05) is 62.5 Å². The number of nitrogen functional groups attached to an aromatic ring is 2. The van der Waals surface area contributed by atoms with E-state index in [1.165, 1.54) is 59.5 Å². The van der Waals surface area contributed by atoms with Crippen LogP contribution in [0.4, 0.5) is 29.0 Å². The first kappa shape index (κ1) is 135. The summed E-state index contributed by atoms with van der Waals surface area (Å²) in [7, 11) is 5.23. The number of aliphatic hydroxyl groups excluding tert-OH is 3. The van der Waals surface area contributed by atoms with Crippen molar-refractivity contribution >= 4 is 132 Å². The summed E-state index contributed by atoms with van der Waals surface area (Å²) in [4.78, 5) is 130. The van der Waals surface area contributed by atoms with E-state index in [4.69, 9.17) is 103 Å².